The molecule has 0 heterocycles. The summed E-state index contributed by atoms with van der Waals surface area (Å²) in [5.41, 5.74) is 16.5. The van der Waals surface area contributed by atoms with Gasteiger partial charge in [0.25, 0.3) is 0 Å². The second-order valence-electron chi connectivity index (χ2n) is 8.65. The topological polar surface area (TPSA) is 257 Å². The van der Waals surface area contributed by atoms with Gasteiger partial charge in [-0.2, -0.15) is 0 Å². The average Bonchev–Trinajstić information content (AvgIpc) is 2.74. The standard InChI is InChI=1S/C21H38N6O8/c1-11(2)9-12(23)18(31)25-14(6-7-16(24)28)20(33)26-13(5-3-4-8-22)19(32)27-15(21(34)35)10-17(29)30/h11-15H,3-10,22-23H2,1-2H3,(H2,24,28)(H,25,31)(H,26,33)(H,27,32)(H,29,30)(H,34,35). The van der Waals surface area contributed by atoms with Gasteiger partial charge in [-0.15, -0.1) is 0 Å². The smallest absolute Gasteiger partial charge is 0.326 e. The average molecular weight is 503 g/mol. The number of carboxylic acid groups (broad SMARTS) is 2. The summed E-state index contributed by atoms with van der Waals surface area (Å²) < 4.78 is 0. The van der Waals surface area contributed by atoms with E-state index in [2.05, 4.69) is 16.0 Å². The maximum Gasteiger partial charge on any atom is 0.326 e. The first-order chi connectivity index (χ1) is 16.3. The lowest BCUT2D eigenvalue weighted by Gasteiger charge is -2.25. The summed E-state index contributed by atoms with van der Waals surface area (Å²) in [4.78, 5) is 71.6. The molecular formula is C21H38N6O8. The molecular weight excluding hydrogens is 464 g/mol. The fourth-order valence-corrected chi connectivity index (χ4v) is 3.13. The molecule has 0 radical (unpaired) electrons. The zero-order chi connectivity index (χ0) is 27.1. The van der Waals surface area contributed by atoms with Crippen LogP contribution in [0.15, 0.2) is 0 Å². The van der Waals surface area contributed by atoms with Crippen molar-refractivity contribution in [3.63, 3.8) is 0 Å². The first-order valence-electron chi connectivity index (χ1n) is 11.4. The van der Waals surface area contributed by atoms with Crippen LogP contribution in [0.4, 0.5) is 0 Å². The molecule has 200 valence electrons. The normalized spacial score (nSPS) is 14.3. The van der Waals surface area contributed by atoms with Gasteiger partial charge in [-0.25, -0.2) is 4.79 Å². The number of hydrogen-bond acceptors (Lipinski definition) is 8. The van der Waals surface area contributed by atoms with Crippen molar-refractivity contribution < 1.29 is 39.0 Å². The summed E-state index contributed by atoms with van der Waals surface area (Å²) in [6.07, 6.45) is 0.0518. The molecule has 0 aromatic heterocycles. The lowest BCUT2D eigenvalue weighted by atomic mass is 10.0. The van der Waals surface area contributed by atoms with Crippen molar-refractivity contribution in [3.8, 4) is 0 Å². The Morgan fingerprint density at radius 3 is 1.77 bits per heavy atom. The molecule has 0 spiro atoms. The lowest BCUT2D eigenvalue weighted by molar-refractivity contribution is -0.147. The zero-order valence-corrected chi connectivity index (χ0v) is 20.1. The molecule has 0 bridgehead atoms. The summed E-state index contributed by atoms with van der Waals surface area (Å²) in [5, 5.41) is 25.1. The predicted molar refractivity (Wildman–Crippen MR) is 124 cm³/mol. The van der Waals surface area contributed by atoms with Gasteiger partial charge in [-0.1, -0.05) is 13.8 Å². The molecule has 0 aliphatic carbocycles. The van der Waals surface area contributed by atoms with Crippen LogP contribution >= 0.6 is 0 Å². The summed E-state index contributed by atoms with van der Waals surface area (Å²) >= 11 is 0. The molecule has 4 amide bonds. The van der Waals surface area contributed by atoms with Gasteiger partial charge in [0.15, 0.2) is 0 Å². The molecule has 11 N–H and O–H groups in total. The molecule has 0 fully saturated rings. The summed E-state index contributed by atoms with van der Waals surface area (Å²) in [6.45, 7) is 4.04. The lowest BCUT2D eigenvalue weighted by Crippen LogP contribution is -2.57. The number of aliphatic carboxylic acids is 2. The van der Waals surface area contributed by atoms with Gasteiger partial charge in [-0.05, 0) is 44.6 Å². The molecule has 0 aromatic carbocycles. The minimum Gasteiger partial charge on any atom is -0.481 e. The van der Waals surface area contributed by atoms with Gasteiger partial charge >= 0.3 is 11.9 Å². The van der Waals surface area contributed by atoms with E-state index >= 15 is 0 Å². The van der Waals surface area contributed by atoms with E-state index < -0.39 is 66.2 Å². The van der Waals surface area contributed by atoms with Crippen LogP contribution in [0.25, 0.3) is 0 Å². The quantitative estimate of drug-likeness (QED) is 0.0935. The highest BCUT2D eigenvalue weighted by molar-refractivity contribution is 5.94. The molecule has 14 heteroatoms. The number of unbranched alkanes of at least 4 members (excludes halogenated alkanes) is 1. The van der Waals surface area contributed by atoms with Crippen LogP contribution in [0.5, 0.6) is 0 Å². The largest absolute Gasteiger partial charge is 0.481 e. The van der Waals surface area contributed by atoms with Crippen molar-refractivity contribution in [2.24, 2.45) is 23.1 Å². The first kappa shape index (κ1) is 31.7. The molecule has 4 atom stereocenters. The Labute approximate surface area is 203 Å². The van der Waals surface area contributed by atoms with E-state index in [1.165, 1.54) is 0 Å². The molecule has 0 saturated carbocycles. The molecule has 14 nitrogen and oxygen atoms in total. The maximum atomic E-state index is 12.9. The van der Waals surface area contributed by atoms with E-state index in [0.29, 0.717) is 25.8 Å². The predicted octanol–water partition coefficient (Wildman–Crippen LogP) is -2.23. The number of carboxylic acids is 2. The van der Waals surface area contributed by atoms with Crippen LogP contribution in [0.1, 0.15) is 58.8 Å². The number of carbonyl (C=O) groups excluding carboxylic acids is 4. The third-order valence-corrected chi connectivity index (χ3v) is 4.95. The Bertz CT molecular complexity index is 760. The molecule has 0 aromatic rings. The highest BCUT2D eigenvalue weighted by Gasteiger charge is 2.31. The summed E-state index contributed by atoms with van der Waals surface area (Å²) in [5.74, 6) is -5.95. The van der Waals surface area contributed by atoms with Gasteiger partial charge in [0, 0.05) is 6.42 Å². The van der Waals surface area contributed by atoms with Crippen LogP contribution in [-0.4, -0.2) is 76.5 Å². The van der Waals surface area contributed by atoms with Crippen molar-refractivity contribution in [1.29, 1.82) is 0 Å². The zero-order valence-electron chi connectivity index (χ0n) is 20.1. The van der Waals surface area contributed by atoms with Crippen molar-refractivity contribution in [2.75, 3.05) is 6.54 Å². The van der Waals surface area contributed by atoms with Gasteiger partial charge in [0.1, 0.15) is 18.1 Å². The third-order valence-electron chi connectivity index (χ3n) is 4.95. The molecule has 0 rings (SSSR count). The first-order valence-corrected chi connectivity index (χ1v) is 11.4. The Morgan fingerprint density at radius 2 is 1.31 bits per heavy atom. The molecule has 4 unspecified atom stereocenters. The number of rotatable bonds is 18. The van der Waals surface area contributed by atoms with Crippen molar-refractivity contribution in [3.05, 3.63) is 0 Å². The number of nitrogens with two attached hydrogens (primary N) is 3. The summed E-state index contributed by atoms with van der Waals surface area (Å²) in [7, 11) is 0. The van der Waals surface area contributed by atoms with E-state index in [0.717, 1.165) is 0 Å². The van der Waals surface area contributed by atoms with E-state index in [1.54, 1.807) is 0 Å². The van der Waals surface area contributed by atoms with Crippen molar-refractivity contribution in [1.82, 2.24) is 16.0 Å². The number of hydrogen-bond donors (Lipinski definition) is 8. The van der Waals surface area contributed by atoms with Crippen LogP contribution in [0.2, 0.25) is 0 Å². The number of primary amides is 1. The minimum absolute atomic E-state index is 0.0670. The van der Waals surface area contributed by atoms with E-state index in [4.69, 9.17) is 22.3 Å². The van der Waals surface area contributed by atoms with Crippen LogP contribution in [0.3, 0.4) is 0 Å². The Balaban J connectivity index is 5.59. The Morgan fingerprint density at radius 1 is 0.800 bits per heavy atom. The fourth-order valence-electron chi connectivity index (χ4n) is 3.13. The second kappa shape index (κ2) is 16.4. The fraction of sp³-hybridized carbons (Fsp3) is 0.714. The molecule has 0 aliphatic rings. The highest BCUT2D eigenvalue weighted by Crippen LogP contribution is 2.07. The van der Waals surface area contributed by atoms with Gasteiger partial charge < -0.3 is 43.4 Å². The monoisotopic (exact) mass is 502 g/mol. The Kier molecular flexibility index (Phi) is 14.9. The van der Waals surface area contributed by atoms with E-state index in [9.17, 15) is 33.9 Å². The Hall–Kier alpha value is -3.26. The van der Waals surface area contributed by atoms with Crippen LogP contribution in [0, 0.1) is 5.92 Å². The van der Waals surface area contributed by atoms with Gasteiger partial charge in [0.05, 0.1) is 12.5 Å². The minimum atomic E-state index is -1.71. The summed E-state index contributed by atoms with van der Waals surface area (Å²) in [6, 6.07) is -5.11. The maximum absolute atomic E-state index is 12.9. The molecule has 35 heavy (non-hydrogen) atoms. The molecule has 0 saturated heterocycles. The SMILES string of the molecule is CC(C)CC(N)C(=O)NC(CCC(N)=O)C(=O)NC(CCCCN)C(=O)NC(CC(=O)O)C(=O)O. The van der Waals surface area contributed by atoms with Gasteiger partial charge in [0.2, 0.25) is 23.6 Å². The molecule has 0 aliphatic heterocycles. The van der Waals surface area contributed by atoms with Crippen LogP contribution in [-0.2, 0) is 28.8 Å². The second-order valence-corrected chi connectivity index (χ2v) is 8.65. The number of carbonyl (C=O) groups is 6. The van der Waals surface area contributed by atoms with Crippen molar-refractivity contribution in [2.45, 2.75) is 83.0 Å². The number of nitrogens with one attached hydrogen (secondary N) is 3. The van der Waals surface area contributed by atoms with Gasteiger partial charge in [-0.3, -0.25) is 24.0 Å². The number of amides is 4. The van der Waals surface area contributed by atoms with Crippen LogP contribution < -0.4 is 33.2 Å². The third kappa shape index (κ3) is 13.9. The van der Waals surface area contributed by atoms with E-state index in [-0.39, 0.29) is 25.2 Å². The highest BCUT2D eigenvalue weighted by atomic mass is 16.4. The van der Waals surface area contributed by atoms with E-state index in [1.807, 2.05) is 13.8 Å². The van der Waals surface area contributed by atoms with Crippen molar-refractivity contribution >= 4 is 35.6 Å².